The first-order chi connectivity index (χ1) is 11.4. The maximum Gasteiger partial charge on any atom is 0.270 e. The van der Waals surface area contributed by atoms with Gasteiger partial charge in [0.1, 0.15) is 5.70 Å². The summed E-state index contributed by atoms with van der Waals surface area (Å²) in [5.74, 6) is -1.37. The zero-order valence-electron chi connectivity index (χ0n) is 12.2. The average molecular weight is 390 g/mol. The molecule has 0 saturated heterocycles. The number of hydrogen-bond acceptors (Lipinski definition) is 4. The molecule has 0 unspecified atom stereocenters. The van der Waals surface area contributed by atoms with Gasteiger partial charge in [0, 0.05) is 22.2 Å². The van der Waals surface area contributed by atoms with Crippen LogP contribution in [0.5, 0.6) is 0 Å². The molecule has 2 aromatic rings. The Kier molecular flexibility index (Phi) is 5.43. The largest absolute Gasteiger partial charge is 0.364 e. The monoisotopic (exact) mass is 389 g/mol. The number of nitrogens with two attached hydrogens (primary N) is 1. The number of halogens is 1. The van der Waals surface area contributed by atoms with Crippen LogP contribution in [0.2, 0.25) is 0 Å². The lowest BCUT2D eigenvalue weighted by molar-refractivity contribution is -0.384. The van der Waals surface area contributed by atoms with E-state index in [2.05, 4.69) is 21.2 Å². The summed E-state index contributed by atoms with van der Waals surface area (Å²) in [5.41, 5.74) is 5.68. The maximum absolute atomic E-state index is 12.2. The van der Waals surface area contributed by atoms with Crippen LogP contribution in [0, 0.1) is 10.1 Å². The Balaban J connectivity index is 2.27. The van der Waals surface area contributed by atoms with E-state index in [0.29, 0.717) is 11.1 Å². The minimum absolute atomic E-state index is 0.133. The van der Waals surface area contributed by atoms with Crippen LogP contribution in [0.25, 0.3) is 6.08 Å². The first kappa shape index (κ1) is 17.4. The molecule has 0 radical (unpaired) electrons. The maximum atomic E-state index is 12.2. The first-order valence-electron chi connectivity index (χ1n) is 6.69. The number of nitrogens with zero attached hydrogens (tertiary/aromatic N) is 1. The van der Waals surface area contributed by atoms with Gasteiger partial charge in [0.05, 0.1) is 4.92 Å². The van der Waals surface area contributed by atoms with E-state index in [9.17, 15) is 19.7 Å². The van der Waals surface area contributed by atoms with Crippen LogP contribution in [-0.2, 0) is 4.79 Å². The highest BCUT2D eigenvalue weighted by atomic mass is 79.9. The second-order valence-corrected chi connectivity index (χ2v) is 5.65. The summed E-state index contributed by atoms with van der Waals surface area (Å²) >= 11 is 3.26. The molecular weight excluding hydrogens is 378 g/mol. The van der Waals surface area contributed by atoms with Gasteiger partial charge in [0.2, 0.25) is 0 Å². The molecular formula is C16H12BrN3O4. The minimum atomic E-state index is -0.855. The Labute approximate surface area is 145 Å². The molecule has 0 aliphatic carbocycles. The van der Waals surface area contributed by atoms with Crippen LogP contribution in [0.4, 0.5) is 5.69 Å². The topological polar surface area (TPSA) is 115 Å². The molecule has 0 aliphatic heterocycles. The fourth-order valence-electron chi connectivity index (χ4n) is 1.86. The van der Waals surface area contributed by atoms with Crippen LogP contribution >= 0.6 is 15.9 Å². The fraction of sp³-hybridized carbons (Fsp3) is 0. The van der Waals surface area contributed by atoms with E-state index in [1.807, 2.05) is 0 Å². The number of rotatable bonds is 5. The lowest BCUT2D eigenvalue weighted by atomic mass is 10.1. The van der Waals surface area contributed by atoms with Crippen molar-refractivity contribution in [3.8, 4) is 0 Å². The minimum Gasteiger partial charge on any atom is -0.364 e. The van der Waals surface area contributed by atoms with Crippen molar-refractivity contribution in [3.05, 3.63) is 79.9 Å². The molecule has 8 heteroatoms. The Hall–Kier alpha value is -3.00. The average Bonchev–Trinajstić information content (AvgIpc) is 2.55. The van der Waals surface area contributed by atoms with Crippen molar-refractivity contribution >= 4 is 39.5 Å². The molecule has 3 N–H and O–H groups in total. The number of benzene rings is 2. The molecule has 0 aliphatic rings. The van der Waals surface area contributed by atoms with E-state index in [0.717, 1.165) is 4.47 Å². The molecule has 7 nitrogen and oxygen atoms in total. The quantitative estimate of drug-likeness (QED) is 0.464. The number of hydrogen-bond donors (Lipinski definition) is 2. The third-order valence-electron chi connectivity index (χ3n) is 3.01. The number of primary amides is 1. The summed E-state index contributed by atoms with van der Waals surface area (Å²) in [6.07, 6.45) is 1.28. The standard InChI is InChI=1S/C16H12BrN3O4/c17-12-6-4-11(5-7-12)16(22)19-14(15(18)21)9-10-2-1-3-13(8-10)20(23)24/h1-9H,(H2,18,21)(H,19,22)/b14-9-. The van der Waals surface area contributed by atoms with Crippen molar-refractivity contribution in [3.63, 3.8) is 0 Å². The van der Waals surface area contributed by atoms with Crippen LogP contribution < -0.4 is 11.1 Å². The summed E-state index contributed by atoms with van der Waals surface area (Å²) in [6.45, 7) is 0. The number of carbonyl (C=O) groups excluding carboxylic acids is 2. The van der Waals surface area contributed by atoms with Crippen LogP contribution in [-0.4, -0.2) is 16.7 Å². The zero-order valence-corrected chi connectivity index (χ0v) is 13.8. The van der Waals surface area contributed by atoms with Crippen molar-refractivity contribution in [2.45, 2.75) is 0 Å². The molecule has 2 aromatic carbocycles. The smallest absolute Gasteiger partial charge is 0.270 e. The molecule has 0 aromatic heterocycles. The lowest BCUT2D eigenvalue weighted by Crippen LogP contribution is -2.31. The highest BCUT2D eigenvalue weighted by Crippen LogP contribution is 2.16. The van der Waals surface area contributed by atoms with Gasteiger partial charge in [-0.1, -0.05) is 28.1 Å². The molecule has 0 bridgehead atoms. The van der Waals surface area contributed by atoms with E-state index >= 15 is 0 Å². The zero-order chi connectivity index (χ0) is 17.7. The fourth-order valence-corrected chi connectivity index (χ4v) is 2.12. The van der Waals surface area contributed by atoms with Crippen LogP contribution in [0.3, 0.4) is 0 Å². The van der Waals surface area contributed by atoms with Crippen LogP contribution in [0.15, 0.2) is 58.7 Å². The molecule has 2 rings (SSSR count). The van der Waals surface area contributed by atoms with Crippen molar-refractivity contribution in [2.24, 2.45) is 5.73 Å². The normalized spacial score (nSPS) is 11.0. The molecule has 0 spiro atoms. The summed E-state index contributed by atoms with van der Waals surface area (Å²) in [7, 11) is 0. The van der Waals surface area contributed by atoms with E-state index in [1.165, 1.54) is 24.3 Å². The number of nitro benzene ring substituents is 1. The van der Waals surface area contributed by atoms with Crippen molar-refractivity contribution in [2.75, 3.05) is 0 Å². The molecule has 0 saturated carbocycles. The molecule has 0 heterocycles. The van der Waals surface area contributed by atoms with E-state index in [-0.39, 0.29) is 11.4 Å². The Morgan fingerprint density at radius 2 is 1.83 bits per heavy atom. The summed E-state index contributed by atoms with van der Waals surface area (Å²) in [4.78, 5) is 33.9. The first-order valence-corrected chi connectivity index (χ1v) is 7.49. The summed E-state index contributed by atoms with van der Waals surface area (Å²) in [5, 5.41) is 13.2. The molecule has 122 valence electrons. The van der Waals surface area contributed by atoms with Gasteiger partial charge in [0.25, 0.3) is 17.5 Å². The van der Waals surface area contributed by atoms with Crippen LogP contribution in [0.1, 0.15) is 15.9 Å². The van der Waals surface area contributed by atoms with Gasteiger partial charge >= 0.3 is 0 Å². The molecule has 0 fully saturated rings. The number of nitrogens with one attached hydrogen (secondary N) is 1. The Bertz CT molecular complexity index is 831. The lowest BCUT2D eigenvalue weighted by Gasteiger charge is -2.07. The van der Waals surface area contributed by atoms with Gasteiger partial charge in [-0.2, -0.15) is 0 Å². The van der Waals surface area contributed by atoms with Gasteiger partial charge in [-0.05, 0) is 35.9 Å². The van der Waals surface area contributed by atoms with Crippen molar-refractivity contribution < 1.29 is 14.5 Å². The van der Waals surface area contributed by atoms with E-state index in [1.54, 1.807) is 30.3 Å². The highest BCUT2D eigenvalue weighted by Gasteiger charge is 2.13. The Morgan fingerprint density at radius 3 is 2.42 bits per heavy atom. The van der Waals surface area contributed by atoms with Gasteiger partial charge in [-0.3, -0.25) is 19.7 Å². The number of carbonyl (C=O) groups is 2. The summed E-state index contributed by atoms with van der Waals surface area (Å²) in [6, 6.07) is 12.1. The van der Waals surface area contributed by atoms with Gasteiger partial charge in [-0.15, -0.1) is 0 Å². The molecule has 24 heavy (non-hydrogen) atoms. The van der Waals surface area contributed by atoms with Gasteiger partial charge < -0.3 is 11.1 Å². The van der Waals surface area contributed by atoms with Crippen molar-refractivity contribution in [1.29, 1.82) is 0 Å². The second-order valence-electron chi connectivity index (χ2n) is 4.74. The number of nitro groups is 1. The second kappa shape index (κ2) is 7.51. The Morgan fingerprint density at radius 1 is 1.17 bits per heavy atom. The van der Waals surface area contributed by atoms with Gasteiger partial charge in [-0.25, -0.2) is 0 Å². The SMILES string of the molecule is NC(=O)/C(=C/c1cccc([N+](=O)[O-])c1)NC(=O)c1ccc(Br)cc1. The number of non-ortho nitro benzene ring substituents is 1. The molecule has 2 amide bonds. The highest BCUT2D eigenvalue weighted by molar-refractivity contribution is 9.10. The van der Waals surface area contributed by atoms with Crippen molar-refractivity contribution in [1.82, 2.24) is 5.32 Å². The third kappa shape index (κ3) is 4.50. The summed E-state index contributed by atoms with van der Waals surface area (Å²) < 4.78 is 0.807. The van der Waals surface area contributed by atoms with Gasteiger partial charge in [0.15, 0.2) is 0 Å². The predicted molar refractivity (Wildman–Crippen MR) is 91.9 cm³/mol. The van der Waals surface area contributed by atoms with E-state index < -0.39 is 16.7 Å². The van der Waals surface area contributed by atoms with E-state index in [4.69, 9.17) is 5.73 Å². The predicted octanol–water partition coefficient (Wildman–Crippen LogP) is 2.61. The molecule has 0 atom stereocenters. The third-order valence-corrected chi connectivity index (χ3v) is 3.54. The number of amides is 2.